The monoisotopic (exact) mass is 259 g/mol. The summed E-state index contributed by atoms with van der Waals surface area (Å²) in [7, 11) is 0. The molecule has 0 radical (unpaired) electrons. The van der Waals surface area contributed by atoms with E-state index >= 15 is 0 Å². The van der Waals surface area contributed by atoms with Gasteiger partial charge in [-0.3, -0.25) is 0 Å². The van der Waals surface area contributed by atoms with Crippen molar-refractivity contribution in [3.63, 3.8) is 0 Å². The molecule has 2 N–H and O–H groups in total. The summed E-state index contributed by atoms with van der Waals surface area (Å²) in [5.41, 5.74) is 6.49. The van der Waals surface area contributed by atoms with Gasteiger partial charge in [-0.25, -0.2) is 9.97 Å². The third kappa shape index (κ3) is 2.35. The average molecular weight is 259 g/mol. The van der Waals surface area contributed by atoms with Gasteiger partial charge in [0, 0.05) is 12.1 Å². The lowest BCUT2D eigenvalue weighted by Gasteiger charge is -2.12. The van der Waals surface area contributed by atoms with Crippen molar-refractivity contribution in [2.45, 2.75) is 32.1 Å². The van der Waals surface area contributed by atoms with E-state index in [-0.39, 0.29) is 0 Å². The molecule has 0 bridgehead atoms. The number of hydrogen-bond acceptors (Lipinski definition) is 6. The van der Waals surface area contributed by atoms with E-state index in [4.69, 9.17) is 10.3 Å². The highest BCUT2D eigenvalue weighted by Crippen LogP contribution is 2.38. The molecule has 19 heavy (non-hydrogen) atoms. The average Bonchev–Trinajstić information content (AvgIpc) is 3.07. The molecule has 6 nitrogen and oxygen atoms in total. The molecule has 0 amide bonds. The minimum atomic E-state index is 0.300. The van der Waals surface area contributed by atoms with Crippen molar-refractivity contribution in [1.29, 1.82) is 0 Å². The zero-order chi connectivity index (χ0) is 13.2. The molecule has 1 aliphatic rings. The van der Waals surface area contributed by atoms with Crippen LogP contribution in [0.25, 0.3) is 11.5 Å². The fourth-order valence-corrected chi connectivity index (χ4v) is 2.71. The van der Waals surface area contributed by atoms with Crippen molar-refractivity contribution in [2.24, 2.45) is 11.7 Å². The lowest BCUT2D eigenvalue weighted by atomic mass is 9.96. The van der Waals surface area contributed by atoms with E-state index in [0.717, 1.165) is 12.8 Å². The van der Waals surface area contributed by atoms with E-state index in [9.17, 15) is 0 Å². The Morgan fingerprint density at radius 3 is 3.05 bits per heavy atom. The van der Waals surface area contributed by atoms with Crippen LogP contribution in [0, 0.1) is 12.8 Å². The maximum absolute atomic E-state index is 5.79. The third-order valence-corrected chi connectivity index (χ3v) is 3.73. The van der Waals surface area contributed by atoms with Gasteiger partial charge in [0.05, 0.1) is 0 Å². The Morgan fingerprint density at radius 1 is 1.37 bits per heavy atom. The quantitative estimate of drug-likeness (QED) is 0.901. The summed E-state index contributed by atoms with van der Waals surface area (Å²) < 4.78 is 5.40. The van der Waals surface area contributed by atoms with Gasteiger partial charge in [0.25, 0.3) is 0 Å². The van der Waals surface area contributed by atoms with Gasteiger partial charge < -0.3 is 10.3 Å². The van der Waals surface area contributed by atoms with Crippen LogP contribution in [0.3, 0.4) is 0 Å². The minimum absolute atomic E-state index is 0.300. The molecule has 0 saturated heterocycles. The number of rotatable bonds is 3. The number of aryl methyl sites for hydroxylation is 1. The topological polar surface area (TPSA) is 90.7 Å². The standard InChI is InChI=1S/C13H17N5O/c1-8-15-6-5-11(16-8)12-17-13(19-18-12)10-4-2-3-9(10)7-14/h5-6,9-10H,2-4,7,14H2,1H3. The molecule has 2 heterocycles. The van der Waals surface area contributed by atoms with Crippen molar-refractivity contribution in [2.75, 3.05) is 6.54 Å². The molecule has 1 saturated carbocycles. The number of hydrogen-bond donors (Lipinski definition) is 1. The van der Waals surface area contributed by atoms with E-state index in [0.29, 0.717) is 41.6 Å². The van der Waals surface area contributed by atoms with Crippen molar-refractivity contribution in [3.05, 3.63) is 24.0 Å². The van der Waals surface area contributed by atoms with E-state index < -0.39 is 0 Å². The van der Waals surface area contributed by atoms with Crippen molar-refractivity contribution < 1.29 is 4.52 Å². The molecule has 0 aromatic carbocycles. The van der Waals surface area contributed by atoms with Gasteiger partial charge in [-0.1, -0.05) is 11.6 Å². The molecular formula is C13H17N5O. The van der Waals surface area contributed by atoms with E-state index in [1.807, 2.05) is 6.92 Å². The Bertz CT molecular complexity index is 568. The van der Waals surface area contributed by atoms with E-state index in [1.165, 1.54) is 6.42 Å². The molecular weight excluding hydrogens is 242 g/mol. The summed E-state index contributed by atoms with van der Waals surface area (Å²) in [6, 6.07) is 1.79. The zero-order valence-corrected chi connectivity index (χ0v) is 10.9. The first-order valence-electron chi connectivity index (χ1n) is 6.61. The molecule has 6 heteroatoms. The number of aromatic nitrogens is 4. The SMILES string of the molecule is Cc1nccc(-c2noc(C3CCCC3CN)n2)n1. The first-order valence-corrected chi connectivity index (χ1v) is 6.61. The van der Waals surface area contributed by atoms with Gasteiger partial charge in [0.15, 0.2) is 0 Å². The van der Waals surface area contributed by atoms with Gasteiger partial charge in [-0.2, -0.15) is 4.98 Å². The van der Waals surface area contributed by atoms with Crippen LogP contribution in [0.5, 0.6) is 0 Å². The molecule has 2 unspecified atom stereocenters. The van der Waals surface area contributed by atoms with E-state index in [1.54, 1.807) is 12.3 Å². The highest BCUT2D eigenvalue weighted by molar-refractivity contribution is 5.47. The molecule has 1 fully saturated rings. The third-order valence-electron chi connectivity index (χ3n) is 3.73. The molecule has 100 valence electrons. The predicted octanol–water partition coefficient (Wildman–Crippen LogP) is 1.68. The van der Waals surface area contributed by atoms with Crippen molar-refractivity contribution in [3.8, 4) is 11.5 Å². The Labute approximate surface area is 111 Å². The Hall–Kier alpha value is -1.82. The highest BCUT2D eigenvalue weighted by atomic mass is 16.5. The first-order chi connectivity index (χ1) is 9.28. The fraction of sp³-hybridized carbons (Fsp3) is 0.538. The summed E-state index contributed by atoms with van der Waals surface area (Å²) >= 11 is 0. The largest absolute Gasteiger partial charge is 0.339 e. The summed E-state index contributed by atoms with van der Waals surface area (Å²) in [5.74, 6) is 2.68. The van der Waals surface area contributed by atoms with Crippen molar-refractivity contribution >= 4 is 0 Å². The van der Waals surface area contributed by atoms with Crippen LogP contribution in [-0.2, 0) is 0 Å². The Morgan fingerprint density at radius 2 is 2.26 bits per heavy atom. The van der Waals surface area contributed by atoms with Crippen LogP contribution in [0.15, 0.2) is 16.8 Å². The van der Waals surface area contributed by atoms with Crippen LogP contribution in [0.1, 0.15) is 36.9 Å². The van der Waals surface area contributed by atoms with Crippen LogP contribution in [0.4, 0.5) is 0 Å². The second-order valence-electron chi connectivity index (χ2n) is 4.98. The summed E-state index contributed by atoms with van der Waals surface area (Å²) in [6.45, 7) is 2.51. The van der Waals surface area contributed by atoms with Gasteiger partial charge in [0.1, 0.15) is 11.5 Å². The summed E-state index contributed by atoms with van der Waals surface area (Å²) in [5, 5.41) is 4.02. The summed E-state index contributed by atoms with van der Waals surface area (Å²) in [6.07, 6.45) is 5.10. The normalized spacial score (nSPS) is 22.8. The van der Waals surface area contributed by atoms with Crippen LogP contribution >= 0.6 is 0 Å². The molecule has 1 aliphatic carbocycles. The summed E-state index contributed by atoms with van der Waals surface area (Å²) in [4.78, 5) is 12.8. The maximum Gasteiger partial charge on any atom is 0.230 e. The predicted molar refractivity (Wildman–Crippen MR) is 69.2 cm³/mol. The molecule has 0 aliphatic heterocycles. The Kier molecular flexibility index (Phi) is 3.25. The van der Waals surface area contributed by atoms with Crippen LogP contribution in [-0.4, -0.2) is 26.7 Å². The molecule has 2 aromatic heterocycles. The highest BCUT2D eigenvalue weighted by Gasteiger charge is 2.32. The molecule has 2 atom stereocenters. The molecule has 2 aromatic rings. The first kappa shape index (κ1) is 12.2. The maximum atomic E-state index is 5.79. The Balaban J connectivity index is 1.87. The smallest absolute Gasteiger partial charge is 0.230 e. The van der Waals surface area contributed by atoms with Crippen LogP contribution in [0.2, 0.25) is 0 Å². The number of nitrogens with zero attached hydrogens (tertiary/aromatic N) is 4. The minimum Gasteiger partial charge on any atom is -0.339 e. The second kappa shape index (κ2) is 5.05. The molecule has 3 rings (SSSR count). The lowest BCUT2D eigenvalue weighted by molar-refractivity contribution is 0.326. The molecule has 0 spiro atoms. The fourth-order valence-electron chi connectivity index (χ4n) is 2.71. The van der Waals surface area contributed by atoms with E-state index in [2.05, 4.69) is 20.1 Å². The van der Waals surface area contributed by atoms with Gasteiger partial charge in [-0.15, -0.1) is 0 Å². The lowest BCUT2D eigenvalue weighted by Crippen LogP contribution is -2.17. The van der Waals surface area contributed by atoms with Crippen molar-refractivity contribution in [1.82, 2.24) is 20.1 Å². The second-order valence-corrected chi connectivity index (χ2v) is 4.98. The van der Waals surface area contributed by atoms with Crippen LogP contribution < -0.4 is 5.73 Å². The zero-order valence-electron chi connectivity index (χ0n) is 10.9. The van der Waals surface area contributed by atoms with Gasteiger partial charge >= 0.3 is 0 Å². The van der Waals surface area contributed by atoms with Gasteiger partial charge in [0.2, 0.25) is 11.7 Å². The van der Waals surface area contributed by atoms with Gasteiger partial charge in [-0.05, 0) is 38.3 Å². The number of nitrogens with two attached hydrogens (primary N) is 1.